The average molecular weight is 313 g/mol. The monoisotopic (exact) mass is 312 g/mol. The molecule has 0 spiro atoms. The van der Waals surface area contributed by atoms with E-state index in [1.807, 2.05) is 6.92 Å². The van der Waals surface area contributed by atoms with Gasteiger partial charge in [-0.2, -0.15) is 0 Å². The zero-order chi connectivity index (χ0) is 15.4. The second-order valence-electron chi connectivity index (χ2n) is 4.84. The van der Waals surface area contributed by atoms with Gasteiger partial charge in [-0.15, -0.1) is 0 Å². The molecule has 1 heterocycles. The Morgan fingerprint density at radius 2 is 2.14 bits per heavy atom. The Labute approximate surface area is 127 Å². The summed E-state index contributed by atoms with van der Waals surface area (Å²) in [6, 6.07) is 4.29. The quantitative estimate of drug-likeness (QED) is 0.633. The number of benzene rings is 1. The van der Waals surface area contributed by atoms with E-state index in [9.17, 15) is 14.9 Å². The van der Waals surface area contributed by atoms with Gasteiger partial charge in [-0.1, -0.05) is 17.7 Å². The molecule has 1 aliphatic rings. The zero-order valence-corrected chi connectivity index (χ0v) is 12.5. The lowest BCUT2D eigenvalue weighted by atomic mass is 10.1. The van der Waals surface area contributed by atoms with Gasteiger partial charge in [0, 0.05) is 25.8 Å². The highest BCUT2D eigenvalue weighted by molar-refractivity contribution is 6.35. The van der Waals surface area contributed by atoms with Crippen molar-refractivity contribution < 1.29 is 14.5 Å². The molecule has 0 atom stereocenters. The van der Waals surface area contributed by atoms with Crippen molar-refractivity contribution in [3.8, 4) is 0 Å². The smallest absolute Gasteiger partial charge is 0.288 e. The Morgan fingerprint density at radius 3 is 2.71 bits per heavy atom. The first kappa shape index (κ1) is 15.7. The SMILES string of the molecule is CCOC1CCN(C(=O)c2cccc([N+](=O)[O-])c2Cl)CC1. The van der Waals surface area contributed by atoms with Gasteiger partial charge in [-0.05, 0) is 25.8 Å². The number of likely N-dealkylation sites (tertiary alicyclic amines) is 1. The Bertz CT molecular complexity index is 542. The second kappa shape index (κ2) is 6.87. The lowest BCUT2D eigenvalue weighted by Crippen LogP contribution is -2.41. The van der Waals surface area contributed by atoms with Crippen LogP contribution in [0.5, 0.6) is 0 Å². The van der Waals surface area contributed by atoms with Crippen molar-refractivity contribution in [3.05, 3.63) is 38.9 Å². The van der Waals surface area contributed by atoms with E-state index < -0.39 is 4.92 Å². The van der Waals surface area contributed by atoms with Crippen LogP contribution in [0.25, 0.3) is 0 Å². The van der Waals surface area contributed by atoms with Crippen LogP contribution in [-0.4, -0.2) is 41.5 Å². The van der Waals surface area contributed by atoms with Crippen LogP contribution in [0, 0.1) is 10.1 Å². The van der Waals surface area contributed by atoms with Gasteiger partial charge >= 0.3 is 0 Å². The molecule has 1 aliphatic heterocycles. The van der Waals surface area contributed by atoms with Crippen molar-refractivity contribution in [2.75, 3.05) is 19.7 Å². The molecule has 7 heteroatoms. The molecule has 114 valence electrons. The summed E-state index contributed by atoms with van der Waals surface area (Å²) in [4.78, 5) is 24.4. The molecule has 0 aromatic heterocycles. The maximum absolute atomic E-state index is 12.4. The normalized spacial score (nSPS) is 16.0. The molecule has 0 N–H and O–H groups in total. The number of nitro groups is 1. The fourth-order valence-electron chi connectivity index (χ4n) is 2.46. The maximum atomic E-state index is 12.4. The highest BCUT2D eigenvalue weighted by Crippen LogP contribution is 2.29. The van der Waals surface area contributed by atoms with E-state index in [4.69, 9.17) is 16.3 Å². The third kappa shape index (κ3) is 3.51. The summed E-state index contributed by atoms with van der Waals surface area (Å²) in [5, 5.41) is 10.8. The molecule has 0 bridgehead atoms. The third-order valence-corrected chi connectivity index (χ3v) is 3.93. The Kier molecular flexibility index (Phi) is 5.14. The van der Waals surface area contributed by atoms with Crippen molar-refractivity contribution in [1.82, 2.24) is 4.90 Å². The Morgan fingerprint density at radius 1 is 1.48 bits per heavy atom. The van der Waals surface area contributed by atoms with Gasteiger partial charge in [0.2, 0.25) is 0 Å². The van der Waals surface area contributed by atoms with Gasteiger partial charge in [-0.25, -0.2) is 0 Å². The number of piperidine rings is 1. The molecule has 21 heavy (non-hydrogen) atoms. The van der Waals surface area contributed by atoms with E-state index in [-0.39, 0.29) is 28.3 Å². The molecule has 0 aliphatic carbocycles. The van der Waals surface area contributed by atoms with Crippen LogP contribution < -0.4 is 0 Å². The lowest BCUT2D eigenvalue weighted by molar-refractivity contribution is -0.384. The van der Waals surface area contributed by atoms with Gasteiger partial charge in [0.25, 0.3) is 11.6 Å². The molecule has 1 saturated heterocycles. The van der Waals surface area contributed by atoms with E-state index in [2.05, 4.69) is 0 Å². The summed E-state index contributed by atoms with van der Waals surface area (Å²) >= 11 is 5.98. The molecule has 2 rings (SSSR count). The van der Waals surface area contributed by atoms with Crippen molar-refractivity contribution in [2.45, 2.75) is 25.9 Å². The van der Waals surface area contributed by atoms with E-state index >= 15 is 0 Å². The molecule has 0 saturated carbocycles. The zero-order valence-electron chi connectivity index (χ0n) is 11.8. The maximum Gasteiger partial charge on any atom is 0.288 e. The standard InChI is InChI=1S/C14H17ClN2O4/c1-2-21-10-6-8-16(9-7-10)14(18)11-4-3-5-12(13(11)15)17(19)20/h3-5,10H,2,6-9H2,1H3. The van der Waals surface area contributed by atoms with Gasteiger partial charge in [0.05, 0.1) is 16.6 Å². The molecule has 0 unspecified atom stereocenters. The summed E-state index contributed by atoms with van der Waals surface area (Å²) in [7, 11) is 0. The van der Waals surface area contributed by atoms with Gasteiger partial charge in [0.15, 0.2) is 0 Å². The summed E-state index contributed by atoms with van der Waals surface area (Å²) in [5.74, 6) is -0.265. The molecule has 1 fully saturated rings. The fourth-order valence-corrected chi connectivity index (χ4v) is 2.73. The molecule has 1 amide bonds. The number of carbonyl (C=O) groups excluding carboxylic acids is 1. The van der Waals surface area contributed by atoms with Crippen molar-refractivity contribution >= 4 is 23.2 Å². The van der Waals surface area contributed by atoms with E-state index in [0.29, 0.717) is 19.7 Å². The molecular weight excluding hydrogens is 296 g/mol. The van der Waals surface area contributed by atoms with Crippen molar-refractivity contribution in [3.63, 3.8) is 0 Å². The summed E-state index contributed by atoms with van der Waals surface area (Å²) in [5.41, 5.74) is -0.0626. The van der Waals surface area contributed by atoms with Crippen LogP contribution in [0.4, 0.5) is 5.69 Å². The number of nitrogens with zero attached hydrogens (tertiary/aromatic N) is 2. The number of hydrogen-bond acceptors (Lipinski definition) is 4. The Balaban J connectivity index is 2.11. The number of hydrogen-bond donors (Lipinski definition) is 0. The molecule has 1 aromatic carbocycles. The predicted molar refractivity (Wildman–Crippen MR) is 78.7 cm³/mol. The topological polar surface area (TPSA) is 72.7 Å². The number of nitro benzene ring substituents is 1. The highest BCUT2D eigenvalue weighted by atomic mass is 35.5. The first-order chi connectivity index (χ1) is 10.0. The minimum Gasteiger partial charge on any atom is -0.378 e. The van der Waals surface area contributed by atoms with Crippen LogP contribution in [0.2, 0.25) is 5.02 Å². The number of carbonyl (C=O) groups is 1. The summed E-state index contributed by atoms with van der Waals surface area (Å²) < 4.78 is 5.54. The first-order valence-corrected chi connectivity index (χ1v) is 7.26. The Hall–Kier alpha value is -1.66. The molecular formula is C14H17ClN2O4. The number of amides is 1. The van der Waals surface area contributed by atoms with E-state index in [1.165, 1.54) is 18.2 Å². The minimum absolute atomic E-state index is 0.0977. The van der Waals surface area contributed by atoms with Gasteiger partial charge < -0.3 is 9.64 Å². The molecule has 6 nitrogen and oxygen atoms in total. The van der Waals surface area contributed by atoms with Crippen LogP contribution in [0.1, 0.15) is 30.1 Å². The van der Waals surface area contributed by atoms with Gasteiger partial charge in [-0.3, -0.25) is 14.9 Å². The predicted octanol–water partition coefficient (Wildman–Crippen LogP) is 2.89. The van der Waals surface area contributed by atoms with E-state index in [0.717, 1.165) is 12.8 Å². The first-order valence-electron chi connectivity index (χ1n) is 6.88. The van der Waals surface area contributed by atoms with Crippen LogP contribution in [0.15, 0.2) is 18.2 Å². The van der Waals surface area contributed by atoms with Crippen LogP contribution in [0.3, 0.4) is 0 Å². The van der Waals surface area contributed by atoms with E-state index in [1.54, 1.807) is 4.90 Å². The third-order valence-electron chi connectivity index (χ3n) is 3.54. The summed E-state index contributed by atoms with van der Waals surface area (Å²) in [6.45, 7) is 3.75. The lowest BCUT2D eigenvalue weighted by Gasteiger charge is -2.31. The summed E-state index contributed by atoms with van der Waals surface area (Å²) in [6.07, 6.45) is 1.72. The van der Waals surface area contributed by atoms with Crippen molar-refractivity contribution in [1.29, 1.82) is 0 Å². The van der Waals surface area contributed by atoms with Crippen molar-refractivity contribution in [2.24, 2.45) is 0 Å². The fraction of sp³-hybridized carbons (Fsp3) is 0.500. The minimum atomic E-state index is -0.583. The molecule has 1 aromatic rings. The molecule has 0 radical (unpaired) electrons. The average Bonchev–Trinajstić information content (AvgIpc) is 2.47. The number of halogens is 1. The highest BCUT2D eigenvalue weighted by Gasteiger charge is 2.27. The van der Waals surface area contributed by atoms with Gasteiger partial charge in [0.1, 0.15) is 5.02 Å². The van der Waals surface area contributed by atoms with Crippen LogP contribution in [-0.2, 0) is 4.74 Å². The van der Waals surface area contributed by atoms with Crippen LogP contribution >= 0.6 is 11.6 Å². The number of ether oxygens (including phenoxy) is 1. The largest absolute Gasteiger partial charge is 0.378 e. The number of rotatable bonds is 4. The second-order valence-corrected chi connectivity index (χ2v) is 5.22.